The van der Waals surface area contributed by atoms with Crippen molar-refractivity contribution in [2.75, 3.05) is 31.6 Å². The molecule has 1 aliphatic rings. The number of nitrogens with zero attached hydrogens (tertiary/aromatic N) is 3. The first-order valence-corrected chi connectivity index (χ1v) is 7.00. The first-order valence-electron chi connectivity index (χ1n) is 7.00. The molecule has 1 atom stereocenters. The summed E-state index contributed by atoms with van der Waals surface area (Å²) < 4.78 is 5.68. The zero-order valence-electron chi connectivity index (χ0n) is 12.3. The summed E-state index contributed by atoms with van der Waals surface area (Å²) in [6, 6.07) is 1.89. The molecule has 0 aromatic carbocycles. The molecule has 5 nitrogen and oxygen atoms in total. The van der Waals surface area contributed by atoms with Gasteiger partial charge in [-0.3, -0.25) is 0 Å². The van der Waals surface area contributed by atoms with E-state index in [-0.39, 0.29) is 6.10 Å². The van der Waals surface area contributed by atoms with Gasteiger partial charge in [0.2, 0.25) is 11.8 Å². The van der Waals surface area contributed by atoms with E-state index in [2.05, 4.69) is 20.2 Å². The zero-order chi connectivity index (χ0) is 13.8. The summed E-state index contributed by atoms with van der Waals surface area (Å²) >= 11 is 0. The average Bonchev–Trinajstić information content (AvgIpc) is 2.76. The Morgan fingerprint density at radius 1 is 1.47 bits per heavy atom. The minimum Gasteiger partial charge on any atom is -0.475 e. The Morgan fingerprint density at radius 3 is 2.95 bits per heavy atom. The Kier molecular flexibility index (Phi) is 4.58. The molecule has 1 aromatic rings. The molecule has 0 saturated carbocycles. The Labute approximate surface area is 115 Å². The smallest absolute Gasteiger partial charge is 0.228 e. The maximum absolute atomic E-state index is 5.68. The van der Waals surface area contributed by atoms with E-state index in [1.807, 2.05) is 33.9 Å². The van der Waals surface area contributed by atoms with Crippen molar-refractivity contribution in [2.45, 2.75) is 33.3 Å². The van der Waals surface area contributed by atoms with Crippen molar-refractivity contribution in [2.24, 2.45) is 5.92 Å². The highest BCUT2D eigenvalue weighted by molar-refractivity contribution is 5.35. The van der Waals surface area contributed by atoms with Crippen LogP contribution in [0, 0.1) is 12.8 Å². The van der Waals surface area contributed by atoms with Crippen molar-refractivity contribution in [3.63, 3.8) is 0 Å². The van der Waals surface area contributed by atoms with Crippen LogP contribution in [-0.2, 0) is 0 Å². The Hall–Kier alpha value is -1.36. The number of ether oxygens (including phenoxy) is 1. The lowest BCUT2D eigenvalue weighted by Gasteiger charge is -2.18. The maximum Gasteiger partial charge on any atom is 0.228 e. The van der Waals surface area contributed by atoms with E-state index in [1.54, 1.807) is 0 Å². The van der Waals surface area contributed by atoms with Crippen LogP contribution in [-0.4, -0.2) is 42.8 Å². The lowest BCUT2D eigenvalue weighted by Crippen LogP contribution is -2.26. The molecule has 106 valence electrons. The minimum atomic E-state index is 0.137. The van der Waals surface area contributed by atoms with E-state index in [0.717, 1.165) is 31.3 Å². The molecule has 2 rings (SSSR count). The molecule has 5 heteroatoms. The van der Waals surface area contributed by atoms with E-state index in [1.165, 1.54) is 6.42 Å². The van der Waals surface area contributed by atoms with Gasteiger partial charge in [0.15, 0.2) is 0 Å². The Morgan fingerprint density at radius 2 is 2.26 bits per heavy atom. The predicted octanol–water partition coefficient (Wildman–Crippen LogP) is 1.62. The first-order chi connectivity index (χ1) is 9.08. The average molecular weight is 264 g/mol. The Balaban J connectivity index is 2.09. The lowest BCUT2D eigenvalue weighted by atomic mass is 10.1. The minimum absolute atomic E-state index is 0.137. The summed E-state index contributed by atoms with van der Waals surface area (Å²) in [5.41, 5.74) is 0.956. The van der Waals surface area contributed by atoms with E-state index >= 15 is 0 Å². The third-order valence-electron chi connectivity index (χ3n) is 3.24. The fraction of sp³-hybridized carbons (Fsp3) is 0.714. The molecule has 1 aromatic heterocycles. The molecule has 0 aliphatic carbocycles. The summed E-state index contributed by atoms with van der Waals surface area (Å²) in [5, 5.41) is 3.24. The molecule has 19 heavy (non-hydrogen) atoms. The largest absolute Gasteiger partial charge is 0.475 e. The number of nitrogens with one attached hydrogen (secondary N) is 1. The molecular weight excluding hydrogens is 240 g/mol. The van der Waals surface area contributed by atoms with E-state index < -0.39 is 0 Å². The van der Waals surface area contributed by atoms with Crippen LogP contribution in [0.5, 0.6) is 5.88 Å². The highest BCUT2D eigenvalue weighted by atomic mass is 16.5. The van der Waals surface area contributed by atoms with Crippen molar-refractivity contribution < 1.29 is 4.74 Å². The standard InChI is InChI=1S/C14H24N4O/c1-10(2)19-13-7-11(3)16-14(17-13)18-6-5-12(9-18)8-15-4/h7,10,12,15H,5-6,8-9H2,1-4H3. The van der Waals surface area contributed by atoms with Gasteiger partial charge in [0.1, 0.15) is 0 Å². The van der Waals surface area contributed by atoms with Crippen LogP contribution in [0.4, 0.5) is 5.95 Å². The molecule has 1 unspecified atom stereocenters. The summed E-state index contributed by atoms with van der Waals surface area (Å²) in [6.07, 6.45) is 1.33. The van der Waals surface area contributed by atoms with Gasteiger partial charge < -0.3 is 15.0 Å². The van der Waals surface area contributed by atoms with Crippen LogP contribution in [0.2, 0.25) is 0 Å². The van der Waals surface area contributed by atoms with Gasteiger partial charge in [0.25, 0.3) is 0 Å². The second-order valence-electron chi connectivity index (χ2n) is 5.47. The molecule has 1 fully saturated rings. The molecule has 1 aliphatic heterocycles. The van der Waals surface area contributed by atoms with Gasteiger partial charge >= 0.3 is 0 Å². The van der Waals surface area contributed by atoms with Gasteiger partial charge in [-0.05, 0) is 46.7 Å². The molecular formula is C14H24N4O. The van der Waals surface area contributed by atoms with E-state index in [4.69, 9.17) is 4.74 Å². The number of aromatic nitrogens is 2. The third kappa shape index (κ3) is 3.80. The summed E-state index contributed by atoms with van der Waals surface area (Å²) in [4.78, 5) is 11.3. The zero-order valence-corrected chi connectivity index (χ0v) is 12.3. The predicted molar refractivity (Wildman–Crippen MR) is 76.8 cm³/mol. The van der Waals surface area contributed by atoms with Crippen molar-refractivity contribution >= 4 is 5.95 Å². The molecule has 1 N–H and O–H groups in total. The van der Waals surface area contributed by atoms with Crippen LogP contribution >= 0.6 is 0 Å². The fourth-order valence-electron chi connectivity index (χ4n) is 2.44. The van der Waals surface area contributed by atoms with Gasteiger partial charge in [0, 0.05) is 24.8 Å². The van der Waals surface area contributed by atoms with Crippen molar-refractivity contribution in [3.8, 4) is 5.88 Å². The number of anilines is 1. The second-order valence-corrected chi connectivity index (χ2v) is 5.47. The van der Waals surface area contributed by atoms with Crippen LogP contribution in [0.1, 0.15) is 26.0 Å². The number of hydrogen-bond donors (Lipinski definition) is 1. The van der Waals surface area contributed by atoms with Crippen molar-refractivity contribution in [1.29, 1.82) is 0 Å². The van der Waals surface area contributed by atoms with E-state index in [9.17, 15) is 0 Å². The summed E-state index contributed by atoms with van der Waals surface area (Å²) in [5.74, 6) is 2.16. The second kappa shape index (κ2) is 6.19. The quantitative estimate of drug-likeness (QED) is 0.876. The summed E-state index contributed by atoms with van der Waals surface area (Å²) in [6.45, 7) is 9.10. The maximum atomic E-state index is 5.68. The fourth-order valence-corrected chi connectivity index (χ4v) is 2.44. The molecule has 0 radical (unpaired) electrons. The molecule has 0 amide bonds. The third-order valence-corrected chi connectivity index (χ3v) is 3.24. The van der Waals surface area contributed by atoms with Gasteiger partial charge in [-0.1, -0.05) is 0 Å². The molecule has 1 saturated heterocycles. The van der Waals surface area contributed by atoms with Crippen LogP contribution < -0.4 is 15.0 Å². The highest BCUT2D eigenvalue weighted by Crippen LogP contribution is 2.23. The van der Waals surface area contributed by atoms with Gasteiger partial charge in [0.05, 0.1) is 6.10 Å². The highest BCUT2D eigenvalue weighted by Gasteiger charge is 2.24. The van der Waals surface area contributed by atoms with Crippen LogP contribution in [0.15, 0.2) is 6.07 Å². The molecule has 0 spiro atoms. The SMILES string of the molecule is CNCC1CCN(c2nc(C)cc(OC(C)C)n2)C1. The van der Waals surface area contributed by atoms with Gasteiger partial charge in [-0.15, -0.1) is 0 Å². The number of rotatable bonds is 5. The normalized spacial score (nSPS) is 19.2. The van der Waals surface area contributed by atoms with Crippen molar-refractivity contribution in [1.82, 2.24) is 15.3 Å². The number of aryl methyl sites for hydroxylation is 1. The first kappa shape index (κ1) is 14.1. The van der Waals surface area contributed by atoms with Crippen LogP contribution in [0.25, 0.3) is 0 Å². The van der Waals surface area contributed by atoms with Gasteiger partial charge in [-0.2, -0.15) is 4.98 Å². The molecule has 0 bridgehead atoms. The van der Waals surface area contributed by atoms with E-state index in [0.29, 0.717) is 11.8 Å². The number of hydrogen-bond acceptors (Lipinski definition) is 5. The summed E-state index contributed by atoms with van der Waals surface area (Å²) in [7, 11) is 2.00. The Bertz CT molecular complexity index is 422. The van der Waals surface area contributed by atoms with Crippen molar-refractivity contribution in [3.05, 3.63) is 11.8 Å². The van der Waals surface area contributed by atoms with Crippen LogP contribution in [0.3, 0.4) is 0 Å². The monoisotopic (exact) mass is 264 g/mol. The topological polar surface area (TPSA) is 50.3 Å². The lowest BCUT2D eigenvalue weighted by molar-refractivity contribution is 0.232. The molecule has 2 heterocycles. The van der Waals surface area contributed by atoms with Gasteiger partial charge in [-0.25, -0.2) is 4.98 Å².